The number of nitro benzene ring substituents is 1. The summed E-state index contributed by atoms with van der Waals surface area (Å²) < 4.78 is 10.5. The molecule has 3 aromatic rings. The quantitative estimate of drug-likeness (QED) is 0.289. The maximum atomic E-state index is 12.5. The molecule has 3 rings (SSSR count). The molecule has 2 N–H and O–H groups in total. The second-order valence-electron chi connectivity index (χ2n) is 6.52. The highest BCUT2D eigenvalue weighted by atomic mass is 16.6. The first-order valence-corrected chi connectivity index (χ1v) is 9.52. The number of pyridine rings is 1. The minimum absolute atomic E-state index is 0.161. The normalized spacial score (nSPS) is 10.4. The third kappa shape index (κ3) is 6.25. The zero-order chi connectivity index (χ0) is 22.1. The van der Waals surface area contributed by atoms with Gasteiger partial charge < -0.3 is 20.1 Å². The van der Waals surface area contributed by atoms with Crippen molar-refractivity contribution in [2.24, 2.45) is 0 Å². The zero-order valence-corrected chi connectivity index (χ0v) is 16.9. The van der Waals surface area contributed by atoms with Crippen LogP contribution in [0.25, 0.3) is 0 Å². The molecule has 2 aromatic carbocycles. The predicted molar refractivity (Wildman–Crippen MR) is 116 cm³/mol. The summed E-state index contributed by atoms with van der Waals surface area (Å²) in [7, 11) is 1.54. The molecule has 0 fully saturated rings. The second-order valence-corrected chi connectivity index (χ2v) is 6.52. The number of ether oxygens (including phenoxy) is 2. The summed E-state index contributed by atoms with van der Waals surface area (Å²) in [6, 6.07) is 17.2. The van der Waals surface area contributed by atoms with Crippen molar-refractivity contribution in [3.63, 3.8) is 0 Å². The lowest BCUT2D eigenvalue weighted by molar-refractivity contribution is -0.384. The van der Waals surface area contributed by atoms with Crippen molar-refractivity contribution in [2.45, 2.75) is 6.61 Å². The highest BCUT2D eigenvalue weighted by molar-refractivity contribution is 6.05. The molecule has 1 aromatic heterocycles. The summed E-state index contributed by atoms with van der Waals surface area (Å²) in [5, 5.41) is 17.0. The van der Waals surface area contributed by atoms with E-state index in [4.69, 9.17) is 9.47 Å². The topological polar surface area (TPSA) is 116 Å². The van der Waals surface area contributed by atoms with Crippen molar-refractivity contribution in [1.29, 1.82) is 0 Å². The van der Waals surface area contributed by atoms with Crippen LogP contribution in [0.5, 0.6) is 5.88 Å². The smallest absolute Gasteiger partial charge is 0.293 e. The molecule has 0 bridgehead atoms. The van der Waals surface area contributed by atoms with E-state index in [0.717, 1.165) is 5.56 Å². The van der Waals surface area contributed by atoms with Crippen LogP contribution in [0.15, 0.2) is 66.9 Å². The largest absolute Gasteiger partial charge is 0.473 e. The molecule has 0 saturated heterocycles. The number of nitrogens with zero attached hydrogens (tertiary/aromatic N) is 2. The zero-order valence-electron chi connectivity index (χ0n) is 16.9. The molecular weight excluding hydrogens is 400 g/mol. The van der Waals surface area contributed by atoms with Crippen molar-refractivity contribution in [3.05, 3.63) is 88.1 Å². The van der Waals surface area contributed by atoms with Gasteiger partial charge in [-0.1, -0.05) is 30.3 Å². The number of methoxy groups -OCH3 is 1. The summed E-state index contributed by atoms with van der Waals surface area (Å²) in [6.07, 6.45) is 1.47. The molecule has 9 heteroatoms. The van der Waals surface area contributed by atoms with E-state index in [1.807, 2.05) is 30.3 Å². The van der Waals surface area contributed by atoms with Gasteiger partial charge >= 0.3 is 0 Å². The van der Waals surface area contributed by atoms with Crippen LogP contribution in [0, 0.1) is 10.1 Å². The molecule has 0 aliphatic heterocycles. The van der Waals surface area contributed by atoms with Crippen LogP contribution in [0.1, 0.15) is 15.9 Å². The molecule has 0 radical (unpaired) electrons. The Hall–Kier alpha value is -3.98. The average molecular weight is 422 g/mol. The summed E-state index contributed by atoms with van der Waals surface area (Å²) >= 11 is 0. The molecule has 31 heavy (non-hydrogen) atoms. The molecule has 0 spiro atoms. The standard InChI is InChI=1S/C22H22N4O5/c1-30-12-11-23-19-9-7-17(13-20(19)26(28)29)22(27)25-18-8-10-21(24-14-18)31-15-16-5-3-2-4-6-16/h2-10,13-14,23H,11-12,15H2,1H3,(H,25,27). The van der Waals surface area contributed by atoms with Crippen LogP contribution in [-0.4, -0.2) is 36.1 Å². The van der Waals surface area contributed by atoms with Gasteiger partial charge in [0.15, 0.2) is 0 Å². The Bertz CT molecular complexity index is 1030. The number of anilines is 2. The minimum Gasteiger partial charge on any atom is -0.473 e. The van der Waals surface area contributed by atoms with E-state index < -0.39 is 10.8 Å². The lowest BCUT2D eigenvalue weighted by atomic mass is 10.1. The van der Waals surface area contributed by atoms with Gasteiger partial charge in [-0.05, 0) is 23.8 Å². The number of aromatic nitrogens is 1. The Kier molecular flexibility index (Phi) is 7.50. The minimum atomic E-state index is -0.535. The first kappa shape index (κ1) is 21.7. The fraction of sp³-hybridized carbons (Fsp3) is 0.182. The predicted octanol–water partition coefficient (Wildman–Crippen LogP) is 3.88. The molecule has 0 saturated carbocycles. The molecule has 0 atom stereocenters. The number of nitrogens with one attached hydrogen (secondary N) is 2. The van der Waals surface area contributed by atoms with E-state index in [9.17, 15) is 14.9 Å². The fourth-order valence-corrected chi connectivity index (χ4v) is 2.74. The van der Waals surface area contributed by atoms with Crippen molar-refractivity contribution in [1.82, 2.24) is 4.98 Å². The van der Waals surface area contributed by atoms with Gasteiger partial charge in [-0.25, -0.2) is 4.98 Å². The number of rotatable bonds is 10. The summed E-state index contributed by atoms with van der Waals surface area (Å²) in [5.74, 6) is -0.0599. The van der Waals surface area contributed by atoms with Crippen molar-refractivity contribution >= 4 is 23.0 Å². The van der Waals surface area contributed by atoms with E-state index in [1.54, 1.807) is 19.2 Å². The van der Waals surface area contributed by atoms with Crippen molar-refractivity contribution in [3.8, 4) is 5.88 Å². The Balaban J connectivity index is 1.62. The molecule has 1 amide bonds. The summed E-state index contributed by atoms with van der Waals surface area (Å²) in [4.78, 5) is 27.5. The van der Waals surface area contributed by atoms with Crippen LogP contribution >= 0.6 is 0 Å². The summed E-state index contributed by atoms with van der Waals surface area (Å²) in [6.45, 7) is 1.19. The van der Waals surface area contributed by atoms with Gasteiger partial charge in [0.1, 0.15) is 12.3 Å². The van der Waals surface area contributed by atoms with Crippen molar-refractivity contribution < 1.29 is 19.2 Å². The van der Waals surface area contributed by atoms with Gasteiger partial charge in [-0.15, -0.1) is 0 Å². The van der Waals surface area contributed by atoms with Gasteiger partial charge in [0.2, 0.25) is 5.88 Å². The second kappa shape index (κ2) is 10.7. The highest BCUT2D eigenvalue weighted by Crippen LogP contribution is 2.26. The number of hydrogen-bond donors (Lipinski definition) is 2. The number of nitro groups is 1. The molecule has 0 unspecified atom stereocenters. The molecule has 9 nitrogen and oxygen atoms in total. The van der Waals surface area contributed by atoms with Crippen LogP contribution in [0.2, 0.25) is 0 Å². The number of hydrogen-bond acceptors (Lipinski definition) is 7. The molecular formula is C22H22N4O5. The maximum absolute atomic E-state index is 12.5. The van der Waals surface area contributed by atoms with E-state index in [-0.39, 0.29) is 11.3 Å². The molecule has 160 valence electrons. The van der Waals surface area contributed by atoms with E-state index in [2.05, 4.69) is 15.6 Å². The van der Waals surface area contributed by atoms with Crippen LogP contribution < -0.4 is 15.4 Å². The van der Waals surface area contributed by atoms with Gasteiger partial charge in [0.05, 0.1) is 23.4 Å². The number of carbonyl (C=O) groups is 1. The molecule has 0 aliphatic carbocycles. The fourth-order valence-electron chi connectivity index (χ4n) is 2.74. The number of benzene rings is 2. The Morgan fingerprint density at radius 1 is 1.13 bits per heavy atom. The lowest BCUT2D eigenvalue weighted by Crippen LogP contribution is -2.14. The number of carbonyl (C=O) groups excluding carboxylic acids is 1. The van der Waals surface area contributed by atoms with E-state index >= 15 is 0 Å². The average Bonchev–Trinajstić information content (AvgIpc) is 2.79. The summed E-state index contributed by atoms with van der Waals surface area (Å²) in [5.41, 5.74) is 1.76. The first-order chi connectivity index (χ1) is 15.1. The highest BCUT2D eigenvalue weighted by Gasteiger charge is 2.17. The molecule has 0 aliphatic rings. The van der Waals surface area contributed by atoms with Crippen molar-refractivity contribution in [2.75, 3.05) is 30.9 Å². The van der Waals surface area contributed by atoms with Gasteiger partial charge in [0, 0.05) is 31.4 Å². The van der Waals surface area contributed by atoms with Gasteiger partial charge in [-0.2, -0.15) is 0 Å². The monoisotopic (exact) mass is 422 g/mol. The Labute approximate surface area is 179 Å². The first-order valence-electron chi connectivity index (χ1n) is 9.52. The van der Waals surface area contributed by atoms with Gasteiger partial charge in [-0.3, -0.25) is 14.9 Å². The van der Waals surface area contributed by atoms with Crippen LogP contribution in [0.3, 0.4) is 0 Å². The van der Waals surface area contributed by atoms with E-state index in [0.29, 0.717) is 37.0 Å². The third-order valence-electron chi connectivity index (χ3n) is 4.30. The molecule has 1 heterocycles. The Morgan fingerprint density at radius 3 is 2.61 bits per heavy atom. The van der Waals surface area contributed by atoms with Gasteiger partial charge in [0.25, 0.3) is 11.6 Å². The van der Waals surface area contributed by atoms with Crippen LogP contribution in [-0.2, 0) is 11.3 Å². The Morgan fingerprint density at radius 2 is 1.94 bits per heavy atom. The number of amides is 1. The lowest BCUT2D eigenvalue weighted by Gasteiger charge is -2.10. The van der Waals surface area contributed by atoms with Crippen LogP contribution in [0.4, 0.5) is 17.1 Å². The third-order valence-corrected chi connectivity index (χ3v) is 4.30. The SMILES string of the molecule is COCCNc1ccc(C(=O)Nc2ccc(OCc3ccccc3)nc2)cc1[N+](=O)[O-]. The van der Waals surface area contributed by atoms with E-state index in [1.165, 1.54) is 24.4 Å². The maximum Gasteiger partial charge on any atom is 0.293 e.